The Balaban J connectivity index is 1.76. The summed E-state index contributed by atoms with van der Waals surface area (Å²) in [5, 5.41) is 9.46. The maximum Gasteiger partial charge on any atom is 0.133 e. The average Bonchev–Trinajstić information content (AvgIpc) is 2.75. The Kier molecular flexibility index (Phi) is 2.65. The van der Waals surface area contributed by atoms with Gasteiger partial charge in [-0.25, -0.2) is 0 Å². The van der Waals surface area contributed by atoms with E-state index in [-0.39, 0.29) is 0 Å². The van der Waals surface area contributed by atoms with Gasteiger partial charge < -0.3 is 5.11 Å². The van der Waals surface area contributed by atoms with Gasteiger partial charge >= 0.3 is 0 Å². The lowest BCUT2D eigenvalue weighted by Crippen LogP contribution is -2.21. The summed E-state index contributed by atoms with van der Waals surface area (Å²) in [6, 6.07) is 5.72. The molecule has 2 heteroatoms. The summed E-state index contributed by atoms with van der Waals surface area (Å²) in [7, 11) is 0. The first-order valence-electron chi connectivity index (χ1n) is 6.55. The van der Waals surface area contributed by atoms with Gasteiger partial charge in [-0.1, -0.05) is 6.07 Å². The molecule has 3 rings (SSSR count). The molecule has 0 aromatic heterocycles. The van der Waals surface area contributed by atoms with Crippen LogP contribution in [0.3, 0.4) is 0 Å². The molecule has 0 bridgehead atoms. The lowest BCUT2D eigenvalue weighted by Gasteiger charge is -2.28. The zero-order valence-electron chi connectivity index (χ0n) is 9.98. The molecule has 0 saturated heterocycles. The van der Waals surface area contributed by atoms with Crippen molar-refractivity contribution in [2.24, 2.45) is 11.8 Å². The molecule has 90 valence electrons. The van der Waals surface area contributed by atoms with E-state index < -0.39 is 0 Å². The minimum absolute atomic E-state index is 0.373. The number of ketones is 1. The van der Waals surface area contributed by atoms with Crippen LogP contribution in [0.5, 0.6) is 5.75 Å². The van der Waals surface area contributed by atoms with E-state index in [9.17, 15) is 9.90 Å². The molecular formula is C15H18O2. The molecule has 1 fully saturated rings. The highest BCUT2D eigenvalue weighted by Gasteiger charge is 2.31. The van der Waals surface area contributed by atoms with E-state index in [1.165, 1.54) is 17.5 Å². The predicted molar refractivity (Wildman–Crippen MR) is 66.0 cm³/mol. The quantitative estimate of drug-likeness (QED) is 0.805. The van der Waals surface area contributed by atoms with Gasteiger partial charge in [-0.15, -0.1) is 0 Å². The number of aryl methyl sites for hydroxylation is 1. The molecule has 2 aliphatic rings. The third kappa shape index (κ3) is 2.08. The van der Waals surface area contributed by atoms with Gasteiger partial charge in [0, 0.05) is 12.8 Å². The molecule has 2 aliphatic carbocycles. The second kappa shape index (κ2) is 4.17. The van der Waals surface area contributed by atoms with Crippen LogP contribution < -0.4 is 0 Å². The minimum Gasteiger partial charge on any atom is -0.508 e. The average molecular weight is 230 g/mol. The molecule has 0 spiro atoms. The van der Waals surface area contributed by atoms with Gasteiger partial charge in [0.05, 0.1) is 0 Å². The summed E-state index contributed by atoms with van der Waals surface area (Å²) >= 11 is 0. The van der Waals surface area contributed by atoms with Gasteiger partial charge in [0.2, 0.25) is 0 Å². The highest BCUT2D eigenvalue weighted by molar-refractivity contribution is 5.80. The summed E-state index contributed by atoms with van der Waals surface area (Å²) in [5.74, 6) is 2.12. The van der Waals surface area contributed by atoms with Crippen molar-refractivity contribution in [3.8, 4) is 5.75 Å². The normalized spacial score (nSPS) is 28.1. The second-order valence-corrected chi connectivity index (χ2v) is 5.50. The summed E-state index contributed by atoms with van der Waals surface area (Å²) in [5.41, 5.74) is 2.67. The van der Waals surface area contributed by atoms with E-state index >= 15 is 0 Å². The molecule has 1 N–H and O–H groups in total. The Morgan fingerprint density at radius 2 is 1.76 bits per heavy atom. The van der Waals surface area contributed by atoms with Crippen molar-refractivity contribution in [2.75, 3.05) is 0 Å². The smallest absolute Gasteiger partial charge is 0.133 e. The number of carbonyl (C=O) groups is 1. The second-order valence-electron chi connectivity index (χ2n) is 5.50. The molecule has 1 aromatic carbocycles. The van der Waals surface area contributed by atoms with Crippen LogP contribution in [0.2, 0.25) is 0 Å². The van der Waals surface area contributed by atoms with Crippen LogP contribution >= 0.6 is 0 Å². The van der Waals surface area contributed by atoms with Crippen molar-refractivity contribution in [2.45, 2.75) is 38.5 Å². The molecule has 0 unspecified atom stereocenters. The Morgan fingerprint density at radius 3 is 2.53 bits per heavy atom. The van der Waals surface area contributed by atoms with Gasteiger partial charge in [0.15, 0.2) is 0 Å². The molecule has 1 saturated carbocycles. The molecule has 2 nitrogen and oxygen atoms in total. The van der Waals surface area contributed by atoms with E-state index in [4.69, 9.17) is 0 Å². The monoisotopic (exact) mass is 230 g/mol. The van der Waals surface area contributed by atoms with Crippen molar-refractivity contribution in [3.05, 3.63) is 29.3 Å². The van der Waals surface area contributed by atoms with Gasteiger partial charge in [-0.2, -0.15) is 0 Å². The minimum atomic E-state index is 0.373. The number of benzene rings is 1. The molecule has 0 aliphatic heterocycles. The fourth-order valence-electron chi connectivity index (χ4n) is 3.42. The predicted octanol–water partition coefficient (Wildman–Crippen LogP) is 2.87. The first kappa shape index (κ1) is 10.8. The van der Waals surface area contributed by atoms with Gasteiger partial charge in [0.25, 0.3) is 0 Å². The standard InChI is InChI=1S/C15H18O2/c16-14-5-3-11-7-10(1-2-12(11)8-14)13-4-6-15(17)9-13/h3,5,8,10,13,16H,1-2,4,6-7,9H2/t10-,13+/m0/s1. The number of aromatic hydroxyl groups is 1. The van der Waals surface area contributed by atoms with E-state index in [1.54, 1.807) is 6.07 Å². The van der Waals surface area contributed by atoms with Crippen LogP contribution in [0.4, 0.5) is 0 Å². The van der Waals surface area contributed by atoms with Crippen LogP contribution in [0.25, 0.3) is 0 Å². The van der Waals surface area contributed by atoms with Crippen molar-refractivity contribution in [1.82, 2.24) is 0 Å². The largest absolute Gasteiger partial charge is 0.508 e. The molecule has 17 heavy (non-hydrogen) atoms. The molecule has 0 radical (unpaired) electrons. The third-order valence-electron chi connectivity index (χ3n) is 4.41. The number of rotatable bonds is 1. The summed E-state index contributed by atoms with van der Waals surface area (Å²) in [6.07, 6.45) is 6.01. The van der Waals surface area contributed by atoms with E-state index in [0.29, 0.717) is 23.4 Å². The fourth-order valence-corrected chi connectivity index (χ4v) is 3.42. The molecule has 1 aromatic rings. The van der Waals surface area contributed by atoms with Crippen molar-refractivity contribution in [1.29, 1.82) is 0 Å². The third-order valence-corrected chi connectivity index (χ3v) is 4.41. The first-order valence-corrected chi connectivity index (χ1v) is 6.55. The maximum absolute atomic E-state index is 11.4. The Hall–Kier alpha value is -1.31. The highest BCUT2D eigenvalue weighted by Crippen LogP contribution is 2.38. The molecule has 0 heterocycles. The van der Waals surface area contributed by atoms with Crippen molar-refractivity contribution < 1.29 is 9.90 Å². The van der Waals surface area contributed by atoms with Gasteiger partial charge in [-0.3, -0.25) is 4.79 Å². The summed E-state index contributed by atoms with van der Waals surface area (Å²) in [6.45, 7) is 0. The number of hydrogen-bond donors (Lipinski definition) is 1. The fraction of sp³-hybridized carbons (Fsp3) is 0.533. The van der Waals surface area contributed by atoms with Crippen LogP contribution in [0.1, 0.15) is 36.8 Å². The molecule has 0 amide bonds. The first-order chi connectivity index (χ1) is 8.22. The molecular weight excluding hydrogens is 212 g/mol. The Bertz CT molecular complexity index is 450. The Labute approximate surface area is 102 Å². The Morgan fingerprint density at radius 1 is 1.00 bits per heavy atom. The van der Waals surface area contributed by atoms with Crippen LogP contribution in [0, 0.1) is 11.8 Å². The van der Waals surface area contributed by atoms with E-state index in [2.05, 4.69) is 0 Å². The number of Topliss-reactive ketones (excluding diaryl/α,β-unsaturated/α-hetero) is 1. The summed E-state index contributed by atoms with van der Waals surface area (Å²) in [4.78, 5) is 11.4. The van der Waals surface area contributed by atoms with Crippen LogP contribution in [-0.4, -0.2) is 10.9 Å². The number of fused-ring (bicyclic) bond motifs is 1. The topological polar surface area (TPSA) is 37.3 Å². The van der Waals surface area contributed by atoms with Crippen LogP contribution in [-0.2, 0) is 17.6 Å². The lowest BCUT2D eigenvalue weighted by molar-refractivity contribution is -0.117. The van der Waals surface area contributed by atoms with Gasteiger partial charge in [-0.05, 0) is 60.8 Å². The number of phenols is 1. The lowest BCUT2D eigenvalue weighted by atomic mass is 9.76. The van der Waals surface area contributed by atoms with Crippen molar-refractivity contribution >= 4 is 5.78 Å². The van der Waals surface area contributed by atoms with Crippen molar-refractivity contribution in [3.63, 3.8) is 0 Å². The number of phenolic OH excluding ortho intramolecular Hbond substituents is 1. The molecule has 2 atom stereocenters. The maximum atomic E-state index is 11.4. The van der Waals surface area contributed by atoms with Gasteiger partial charge in [0.1, 0.15) is 11.5 Å². The van der Waals surface area contributed by atoms with E-state index in [1.807, 2.05) is 12.1 Å². The zero-order chi connectivity index (χ0) is 11.8. The van der Waals surface area contributed by atoms with E-state index in [0.717, 1.165) is 32.1 Å². The number of carbonyl (C=O) groups excluding carboxylic acids is 1. The zero-order valence-corrected chi connectivity index (χ0v) is 9.98. The summed E-state index contributed by atoms with van der Waals surface area (Å²) < 4.78 is 0. The number of hydrogen-bond acceptors (Lipinski definition) is 2. The van der Waals surface area contributed by atoms with Crippen LogP contribution in [0.15, 0.2) is 18.2 Å². The highest BCUT2D eigenvalue weighted by atomic mass is 16.3. The SMILES string of the molecule is O=C1CC[C@@H]([C@H]2CCc3cc(O)ccc3C2)C1.